The van der Waals surface area contributed by atoms with Crippen LogP contribution in [0.4, 0.5) is 5.69 Å². The molecule has 50 heavy (non-hydrogen) atoms. The Hall–Kier alpha value is -4.87. The van der Waals surface area contributed by atoms with Crippen LogP contribution in [0.5, 0.6) is 11.5 Å². The van der Waals surface area contributed by atoms with Crippen molar-refractivity contribution in [1.82, 2.24) is 9.91 Å². The Labute approximate surface area is 297 Å². The summed E-state index contributed by atoms with van der Waals surface area (Å²) in [6, 6.07) is 16.7. The number of rotatable bonds is 8. The largest absolute Gasteiger partial charge is 0.507 e. The number of fused-ring (bicyclic) bond motifs is 4. The number of nitrogens with one attached hydrogen (secondary N) is 1. The van der Waals surface area contributed by atoms with Crippen molar-refractivity contribution in [1.29, 1.82) is 0 Å². The van der Waals surface area contributed by atoms with E-state index in [-0.39, 0.29) is 35.8 Å². The maximum absolute atomic E-state index is 15.3. The topological polar surface area (TPSA) is 154 Å². The summed E-state index contributed by atoms with van der Waals surface area (Å²) >= 11 is 12.6. The number of allylic oxidation sites excluding steroid dienone is 2. The van der Waals surface area contributed by atoms with E-state index < -0.39 is 71.0 Å². The number of imide groups is 2. The molecule has 2 saturated heterocycles. The Kier molecular flexibility index (Phi) is 8.39. The second-order valence-electron chi connectivity index (χ2n) is 13.2. The minimum atomic E-state index is -1.62. The van der Waals surface area contributed by atoms with Gasteiger partial charge in [-0.1, -0.05) is 65.2 Å². The third kappa shape index (κ3) is 4.97. The zero-order valence-corrected chi connectivity index (χ0v) is 28.6. The van der Waals surface area contributed by atoms with Gasteiger partial charge in [-0.25, -0.2) is 0 Å². The maximum atomic E-state index is 15.3. The third-order valence-corrected chi connectivity index (χ3v) is 11.3. The summed E-state index contributed by atoms with van der Waals surface area (Å²) in [6.07, 6.45) is 1.67. The van der Waals surface area contributed by atoms with E-state index in [0.717, 1.165) is 9.91 Å². The number of benzene rings is 3. The fraction of sp³-hybridized carbons (Fsp3) is 0.324. The lowest BCUT2D eigenvalue weighted by atomic mass is 9.49. The zero-order valence-electron chi connectivity index (χ0n) is 27.1. The summed E-state index contributed by atoms with van der Waals surface area (Å²) in [5.74, 6) is -7.09. The van der Waals surface area contributed by atoms with Crippen molar-refractivity contribution in [3.63, 3.8) is 0 Å². The van der Waals surface area contributed by atoms with Gasteiger partial charge in [0.25, 0.3) is 11.8 Å². The number of methoxy groups -OCH3 is 1. The van der Waals surface area contributed by atoms with Crippen molar-refractivity contribution in [2.45, 2.75) is 37.5 Å². The number of aliphatic carboxylic acids is 1. The molecule has 258 valence electrons. The highest BCUT2D eigenvalue weighted by molar-refractivity contribution is 6.36. The second-order valence-corrected chi connectivity index (χ2v) is 14.0. The smallest absolute Gasteiger partial charge is 0.305 e. The number of carbonyl (C=O) groups excluding carboxylic acids is 4. The maximum Gasteiger partial charge on any atom is 0.305 e. The zero-order chi connectivity index (χ0) is 35.6. The summed E-state index contributed by atoms with van der Waals surface area (Å²) < 4.78 is 5.42. The number of hydrazine groups is 1. The van der Waals surface area contributed by atoms with Crippen LogP contribution in [0.25, 0.3) is 0 Å². The fourth-order valence-corrected chi connectivity index (χ4v) is 9.05. The molecule has 0 radical (unpaired) electrons. The van der Waals surface area contributed by atoms with E-state index in [1.54, 1.807) is 61.5 Å². The molecule has 0 spiro atoms. The average Bonchev–Trinajstić information content (AvgIpc) is 3.46. The Morgan fingerprint density at radius 1 is 1.00 bits per heavy atom. The van der Waals surface area contributed by atoms with Gasteiger partial charge in [0.1, 0.15) is 11.5 Å². The molecular weight excluding hydrogens is 685 g/mol. The first-order valence-corrected chi connectivity index (χ1v) is 17.0. The molecule has 6 atom stereocenters. The highest BCUT2D eigenvalue weighted by Gasteiger charge is 2.70. The van der Waals surface area contributed by atoms with E-state index in [4.69, 9.17) is 27.9 Å². The van der Waals surface area contributed by atoms with Crippen LogP contribution in [0.1, 0.15) is 41.9 Å². The van der Waals surface area contributed by atoms with E-state index in [0.29, 0.717) is 33.0 Å². The minimum Gasteiger partial charge on any atom is -0.507 e. The standard InChI is InChI=1S/C37H33Cl2N3O8/c1-18-4-3-5-24(32(18)45)31-22-11-12-23-30(35(48)41(33(23)46)15-14-29(43)44)25(22)17-26-34(47)42(40-28-13-8-20(38)16-27(28)39)36(49)37(26,31)19-6-9-21(50-2)10-7-19/h3-11,13,16,23,25-26,30-31,40,45H,12,14-15,17H2,1-2H3,(H,43,44)/t23-,25+,26-,30-,31+,37+/m0/s1. The number of carboxylic acid groups (broad SMARTS) is 1. The van der Waals surface area contributed by atoms with Crippen molar-refractivity contribution in [2.24, 2.45) is 23.7 Å². The lowest BCUT2D eigenvalue weighted by molar-refractivity contribution is -0.143. The van der Waals surface area contributed by atoms with Crippen LogP contribution >= 0.6 is 23.2 Å². The molecule has 2 aliphatic heterocycles. The van der Waals surface area contributed by atoms with Crippen LogP contribution in [-0.2, 0) is 29.4 Å². The Morgan fingerprint density at radius 3 is 2.42 bits per heavy atom. The van der Waals surface area contributed by atoms with Gasteiger partial charge in [-0.15, -0.1) is 0 Å². The predicted octanol–water partition coefficient (Wildman–Crippen LogP) is 5.48. The van der Waals surface area contributed by atoms with Crippen molar-refractivity contribution < 1.29 is 38.9 Å². The van der Waals surface area contributed by atoms with Crippen molar-refractivity contribution >= 4 is 58.5 Å². The number of amides is 4. The number of hydrogen-bond acceptors (Lipinski definition) is 8. The number of carboxylic acids is 1. The van der Waals surface area contributed by atoms with Gasteiger partial charge in [-0.3, -0.25) is 34.3 Å². The summed E-state index contributed by atoms with van der Waals surface area (Å²) in [7, 11) is 1.52. The molecule has 7 rings (SSSR count). The summed E-state index contributed by atoms with van der Waals surface area (Å²) in [6.45, 7) is 1.47. The summed E-state index contributed by atoms with van der Waals surface area (Å²) in [5, 5.41) is 22.5. The van der Waals surface area contributed by atoms with Gasteiger partial charge in [0.05, 0.1) is 47.4 Å². The number of hydrogen-bond donors (Lipinski definition) is 3. The number of phenols is 1. The average molecular weight is 719 g/mol. The van der Waals surface area contributed by atoms with E-state index in [2.05, 4.69) is 5.43 Å². The first-order valence-electron chi connectivity index (χ1n) is 16.2. The minimum absolute atomic E-state index is 0.0327. The van der Waals surface area contributed by atoms with Crippen molar-refractivity contribution in [3.8, 4) is 11.5 Å². The SMILES string of the molecule is COc1ccc([C@@]23C(=O)N(Nc4ccc(Cl)cc4Cl)C(=O)[C@@H]2C[C@@H]2C(=CC[C@@H]4C(=O)N(CCC(=O)O)C(=O)[C@@H]42)[C@@H]3c2cccc(C)c2O)cc1. The first kappa shape index (κ1) is 33.6. The number of likely N-dealkylation sites (tertiary alicyclic amines) is 1. The molecule has 4 aliphatic rings. The van der Waals surface area contributed by atoms with Gasteiger partial charge >= 0.3 is 5.97 Å². The Morgan fingerprint density at radius 2 is 1.74 bits per heavy atom. The number of aromatic hydroxyl groups is 1. The quantitative estimate of drug-likeness (QED) is 0.203. The third-order valence-electron chi connectivity index (χ3n) is 10.8. The molecule has 11 nitrogen and oxygen atoms in total. The Balaban J connectivity index is 1.45. The van der Waals surface area contributed by atoms with Gasteiger partial charge in [-0.05, 0) is 67.1 Å². The van der Waals surface area contributed by atoms with E-state index >= 15 is 4.79 Å². The number of para-hydroxylation sites is 1. The molecule has 4 amide bonds. The van der Waals surface area contributed by atoms with Gasteiger partial charge < -0.3 is 14.9 Å². The molecule has 3 N–H and O–H groups in total. The van der Waals surface area contributed by atoms with Crippen LogP contribution in [-0.4, -0.2) is 63.4 Å². The van der Waals surface area contributed by atoms with E-state index in [9.17, 15) is 29.4 Å². The molecule has 2 aliphatic carbocycles. The Bertz CT molecular complexity index is 2000. The number of nitrogens with zero attached hydrogens (tertiary/aromatic N) is 2. The molecular formula is C37H33Cl2N3O8. The number of carbonyl (C=O) groups is 5. The molecule has 2 heterocycles. The lowest BCUT2D eigenvalue weighted by Gasteiger charge is -2.50. The number of aryl methyl sites for hydroxylation is 1. The number of anilines is 1. The monoisotopic (exact) mass is 717 g/mol. The first-order chi connectivity index (χ1) is 23.9. The molecule has 0 bridgehead atoms. The van der Waals surface area contributed by atoms with Gasteiger partial charge in [-0.2, -0.15) is 5.01 Å². The molecule has 3 fully saturated rings. The van der Waals surface area contributed by atoms with E-state index in [1.165, 1.54) is 13.2 Å². The second kappa shape index (κ2) is 12.5. The molecule has 0 aromatic heterocycles. The van der Waals surface area contributed by atoms with Crippen molar-refractivity contribution in [2.75, 3.05) is 19.1 Å². The molecule has 3 aromatic rings. The summed E-state index contributed by atoms with van der Waals surface area (Å²) in [5.41, 5.74) is 3.68. The number of phenolic OH excluding ortho intramolecular Hbond substituents is 1. The fourth-order valence-electron chi connectivity index (χ4n) is 8.60. The highest BCUT2D eigenvalue weighted by atomic mass is 35.5. The number of halogens is 2. The lowest BCUT2D eigenvalue weighted by Crippen LogP contribution is -2.53. The van der Waals surface area contributed by atoms with E-state index in [1.807, 2.05) is 6.08 Å². The van der Waals surface area contributed by atoms with Crippen LogP contribution in [0.15, 0.2) is 72.3 Å². The van der Waals surface area contributed by atoms with Crippen LogP contribution < -0.4 is 10.2 Å². The van der Waals surface area contributed by atoms with Crippen LogP contribution in [0.3, 0.4) is 0 Å². The van der Waals surface area contributed by atoms with Crippen LogP contribution in [0, 0.1) is 30.6 Å². The molecule has 0 unspecified atom stereocenters. The summed E-state index contributed by atoms with van der Waals surface area (Å²) in [4.78, 5) is 70.0. The number of ether oxygens (including phenoxy) is 1. The molecule has 3 aromatic carbocycles. The van der Waals surface area contributed by atoms with Crippen molar-refractivity contribution in [3.05, 3.63) is 99.0 Å². The van der Waals surface area contributed by atoms with Gasteiger partial charge in [0.15, 0.2) is 0 Å². The normalized spacial score (nSPS) is 27.1. The predicted molar refractivity (Wildman–Crippen MR) is 182 cm³/mol. The van der Waals surface area contributed by atoms with Gasteiger partial charge in [0, 0.05) is 23.0 Å². The molecule has 13 heteroatoms. The highest BCUT2D eigenvalue weighted by Crippen LogP contribution is 2.65. The molecule has 1 saturated carbocycles. The van der Waals surface area contributed by atoms with Gasteiger partial charge in [0.2, 0.25) is 11.8 Å². The van der Waals surface area contributed by atoms with Crippen LogP contribution in [0.2, 0.25) is 10.0 Å².